The lowest BCUT2D eigenvalue weighted by Crippen LogP contribution is -2.43. The van der Waals surface area contributed by atoms with Crippen LogP contribution in [0.25, 0.3) is 0 Å². The maximum atomic E-state index is 9.85. The van der Waals surface area contributed by atoms with Crippen LogP contribution in [-0.2, 0) is 13.2 Å². The fourth-order valence-electron chi connectivity index (χ4n) is 2.11. The lowest BCUT2D eigenvalue weighted by atomic mass is 10.1. The number of hydrogen-bond donors (Lipinski definition) is 3. The molecule has 1 aliphatic heterocycles. The van der Waals surface area contributed by atoms with E-state index in [1.165, 1.54) is 0 Å². The number of aromatic nitrogens is 1. The molecule has 94 valence electrons. The maximum Gasteiger partial charge on any atom is 0.142 e. The Kier molecular flexibility index (Phi) is 3.93. The molecule has 0 bridgehead atoms. The van der Waals surface area contributed by atoms with E-state index in [0.717, 1.165) is 38.3 Å². The minimum absolute atomic E-state index is 0.125. The van der Waals surface area contributed by atoms with Crippen LogP contribution in [0.2, 0.25) is 0 Å². The molecule has 1 fully saturated rings. The van der Waals surface area contributed by atoms with Gasteiger partial charge in [-0.1, -0.05) is 0 Å². The van der Waals surface area contributed by atoms with Crippen molar-refractivity contribution in [3.05, 3.63) is 23.0 Å². The second-order valence-corrected chi connectivity index (χ2v) is 4.38. The van der Waals surface area contributed by atoms with Crippen LogP contribution >= 0.6 is 0 Å². The summed E-state index contributed by atoms with van der Waals surface area (Å²) in [5, 5.41) is 22.5. The number of rotatable bonds is 3. The quantitative estimate of drug-likeness (QED) is 0.690. The smallest absolute Gasteiger partial charge is 0.142 e. The van der Waals surface area contributed by atoms with Crippen molar-refractivity contribution in [3.63, 3.8) is 0 Å². The van der Waals surface area contributed by atoms with Crippen LogP contribution in [0, 0.1) is 6.92 Å². The fourth-order valence-corrected chi connectivity index (χ4v) is 2.11. The molecule has 0 atom stereocenters. The molecule has 0 radical (unpaired) electrons. The number of aliphatic hydroxyl groups excluding tert-OH is 1. The number of pyridine rings is 1. The molecule has 2 rings (SSSR count). The number of aliphatic hydroxyl groups is 1. The third kappa shape index (κ3) is 2.74. The van der Waals surface area contributed by atoms with E-state index >= 15 is 0 Å². The third-order valence-corrected chi connectivity index (χ3v) is 3.19. The van der Waals surface area contributed by atoms with Gasteiger partial charge in [0.05, 0.1) is 12.3 Å². The first-order valence-corrected chi connectivity index (χ1v) is 5.92. The lowest BCUT2D eigenvalue weighted by molar-refractivity contribution is 0.227. The summed E-state index contributed by atoms with van der Waals surface area (Å²) in [6, 6.07) is 0. The number of nitrogens with zero attached hydrogens (tertiary/aromatic N) is 2. The molecule has 1 aliphatic rings. The minimum atomic E-state index is -0.142. The van der Waals surface area contributed by atoms with E-state index in [1.807, 2.05) is 0 Å². The van der Waals surface area contributed by atoms with Gasteiger partial charge in [-0.25, -0.2) is 0 Å². The molecule has 5 heteroatoms. The van der Waals surface area contributed by atoms with Crippen LogP contribution in [0.15, 0.2) is 6.20 Å². The third-order valence-electron chi connectivity index (χ3n) is 3.19. The molecule has 1 saturated heterocycles. The van der Waals surface area contributed by atoms with E-state index in [9.17, 15) is 10.2 Å². The summed E-state index contributed by atoms with van der Waals surface area (Å²) < 4.78 is 0. The molecule has 5 nitrogen and oxygen atoms in total. The molecule has 0 spiro atoms. The standard InChI is InChI=1S/C12H19N3O2/c1-9-12(17)11(8-16)10(6-14-9)7-15-4-2-13-3-5-15/h6,13,16-17H,2-5,7-8H2,1H3. The van der Waals surface area contributed by atoms with Gasteiger partial charge in [0.1, 0.15) is 5.75 Å². The van der Waals surface area contributed by atoms with Crippen molar-refractivity contribution in [3.8, 4) is 5.75 Å². The number of aryl methyl sites for hydroxylation is 1. The van der Waals surface area contributed by atoms with Gasteiger partial charge in [0.15, 0.2) is 0 Å². The largest absolute Gasteiger partial charge is 0.506 e. The van der Waals surface area contributed by atoms with Gasteiger partial charge >= 0.3 is 0 Å². The molecule has 3 N–H and O–H groups in total. The van der Waals surface area contributed by atoms with Crippen molar-refractivity contribution >= 4 is 0 Å². The summed E-state index contributed by atoms with van der Waals surface area (Å²) in [5.41, 5.74) is 2.09. The Morgan fingerprint density at radius 3 is 2.76 bits per heavy atom. The highest BCUT2D eigenvalue weighted by Gasteiger charge is 2.15. The van der Waals surface area contributed by atoms with E-state index in [1.54, 1.807) is 13.1 Å². The van der Waals surface area contributed by atoms with E-state index in [0.29, 0.717) is 11.3 Å². The minimum Gasteiger partial charge on any atom is -0.506 e. The number of hydrogen-bond acceptors (Lipinski definition) is 5. The summed E-state index contributed by atoms with van der Waals surface area (Å²) in [7, 11) is 0. The molecular weight excluding hydrogens is 218 g/mol. The SMILES string of the molecule is Cc1ncc(CN2CCNCC2)c(CO)c1O. The van der Waals surface area contributed by atoms with Gasteiger partial charge < -0.3 is 15.5 Å². The molecule has 17 heavy (non-hydrogen) atoms. The normalized spacial score (nSPS) is 17.3. The van der Waals surface area contributed by atoms with Crippen LogP contribution in [0.3, 0.4) is 0 Å². The Bertz CT molecular complexity index is 390. The van der Waals surface area contributed by atoms with E-state index in [4.69, 9.17) is 0 Å². The van der Waals surface area contributed by atoms with Crippen molar-refractivity contribution in [2.75, 3.05) is 26.2 Å². The lowest BCUT2D eigenvalue weighted by Gasteiger charge is -2.27. The summed E-state index contributed by atoms with van der Waals surface area (Å²) >= 11 is 0. The van der Waals surface area contributed by atoms with Crippen molar-refractivity contribution in [1.29, 1.82) is 0 Å². The van der Waals surface area contributed by atoms with E-state index in [-0.39, 0.29) is 12.4 Å². The topological polar surface area (TPSA) is 68.6 Å². The Balaban J connectivity index is 2.17. The Hall–Kier alpha value is -1.17. The molecule has 1 aromatic rings. The molecule has 1 aromatic heterocycles. The second-order valence-electron chi connectivity index (χ2n) is 4.38. The molecule has 0 aromatic carbocycles. The molecule has 2 heterocycles. The number of nitrogens with one attached hydrogen (secondary N) is 1. The maximum absolute atomic E-state index is 9.85. The van der Waals surface area contributed by atoms with Crippen molar-refractivity contribution in [1.82, 2.24) is 15.2 Å². The molecular formula is C12H19N3O2. The Morgan fingerprint density at radius 2 is 2.12 bits per heavy atom. The molecule has 0 unspecified atom stereocenters. The van der Waals surface area contributed by atoms with Gasteiger partial charge in [0.25, 0.3) is 0 Å². The zero-order chi connectivity index (χ0) is 12.3. The van der Waals surface area contributed by atoms with Gasteiger partial charge in [0, 0.05) is 44.5 Å². The van der Waals surface area contributed by atoms with E-state index < -0.39 is 0 Å². The van der Waals surface area contributed by atoms with Crippen molar-refractivity contribution in [2.45, 2.75) is 20.1 Å². The number of piperazine rings is 1. The van der Waals surface area contributed by atoms with Gasteiger partial charge in [0.2, 0.25) is 0 Å². The summed E-state index contributed by atoms with van der Waals surface area (Å²) in [4.78, 5) is 6.44. The second kappa shape index (κ2) is 5.44. The first kappa shape index (κ1) is 12.3. The predicted octanol–water partition coefficient (Wildman–Crippen LogP) is -0.00688. The van der Waals surface area contributed by atoms with Gasteiger partial charge in [-0.15, -0.1) is 0 Å². The summed E-state index contributed by atoms with van der Waals surface area (Å²) in [6.07, 6.45) is 1.75. The highest BCUT2D eigenvalue weighted by Crippen LogP contribution is 2.24. The predicted molar refractivity (Wildman–Crippen MR) is 64.7 cm³/mol. The Labute approximate surface area is 101 Å². The van der Waals surface area contributed by atoms with Gasteiger partial charge in [-0.2, -0.15) is 0 Å². The van der Waals surface area contributed by atoms with Gasteiger partial charge in [-0.3, -0.25) is 9.88 Å². The van der Waals surface area contributed by atoms with Crippen LogP contribution in [0.1, 0.15) is 16.8 Å². The molecule has 0 amide bonds. The first-order valence-electron chi connectivity index (χ1n) is 5.92. The summed E-state index contributed by atoms with van der Waals surface area (Å²) in [5.74, 6) is 0.125. The monoisotopic (exact) mass is 237 g/mol. The van der Waals surface area contributed by atoms with Crippen LogP contribution in [0.5, 0.6) is 5.75 Å². The van der Waals surface area contributed by atoms with E-state index in [2.05, 4.69) is 15.2 Å². The Morgan fingerprint density at radius 1 is 1.41 bits per heavy atom. The average molecular weight is 237 g/mol. The molecule has 0 saturated carbocycles. The fraction of sp³-hybridized carbons (Fsp3) is 0.583. The molecule has 0 aliphatic carbocycles. The number of aromatic hydroxyl groups is 1. The van der Waals surface area contributed by atoms with Crippen LogP contribution < -0.4 is 5.32 Å². The average Bonchev–Trinajstić information content (AvgIpc) is 2.36. The first-order chi connectivity index (χ1) is 8.22. The van der Waals surface area contributed by atoms with Crippen molar-refractivity contribution < 1.29 is 10.2 Å². The van der Waals surface area contributed by atoms with Crippen molar-refractivity contribution in [2.24, 2.45) is 0 Å². The highest BCUT2D eigenvalue weighted by molar-refractivity contribution is 5.40. The van der Waals surface area contributed by atoms with Crippen LogP contribution in [-0.4, -0.2) is 46.3 Å². The highest BCUT2D eigenvalue weighted by atomic mass is 16.3. The van der Waals surface area contributed by atoms with Crippen LogP contribution in [0.4, 0.5) is 0 Å². The summed E-state index contributed by atoms with van der Waals surface area (Å²) in [6.45, 7) is 6.27. The van der Waals surface area contributed by atoms with Gasteiger partial charge in [-0.05, 0) is 12.5 Å². The zero-order valence-corrected chi connectivity index (χ0v) is 10.1. The zero-order valence-electron chi connectivity index (χ0n) is 10.1.